The summed E-state index contributed by atoms with van der Waals surface area (Å²) in [5, 5.41) is 7.25. The van der Waals surface area contributed by atoms with E-state index in [1.165, 1.54) is 12.1 Å². The molecule has 0 atom stereocenters. The van der Waals surface area contributed by atoms with Gasteiger partial charge >= 0.3 is 6.01 Å². The summed E-state index contributed by atoms with van der Waals surface area (Å²) in [6.07, 6.45) is 0.465. The topological polar surface area (TPSA) is 69.0 Å². The molecule has 28 heavy (non-hydrogen) atoms. The molecule has 2 aromatic carbocycles. The minimum absolute atomic E-state index is 0.0254. The van der Waals surface area contributed by atoms with E-state index in [0.717, 1.165) is 5.69 Å². The maximum absolute atomic E-state index is 13.7. The van der Waals surface area contributed by atoms with Gasteiger partial charge in [0.25, 0.3) is 0 Å². The van der Waals surface area contributed by atoms with Crippen molar-refractivity contribution in [2.24, 2.45) is 5.92 Å². The molecule has 0 saturated heterocycles. The van der Waals surface area contributed by atoms with Crippen LogP contribution < -0.4 is 10.1 Å². The molecule has 1 amide bonds. The van der Waals surface area contributed by atoms with Gasteiger partial charge in [0.15, 0.2) is 5.82 Å². The second-order valence-corrected chi connectivity index (χ2v) is 6.77. The maximum Gasteiger partial charge on any atom is 0.336 e. The molecule has 1 aromatic heterocycles. The predicted octanol–water partition coefficient (Wildman–Crippen LogP) is 4.46. The normalized spacial score (nSPS) is 10.9. The third kappa shape index (κ3) is 4.73. The van der Waals surface area contributed by atoms with Crippen molar-refractivity contribution < 1.29 is 13.9 Å². The van der Waals surface area contributed by atoms with Crippen LogP contribution in [0.5, 0.6) is 6.01 Å². The van der Waals surface area contributed by atoms with Crippen LogP contribution in [-0.4, -0.2) is 27.3 Å². The summed E-state index contributed by atoms with van der Waals surface area (Å²) in [6, 6.07) is 13.6. The van der Waals surface area contributed by atoms with Gasteiger partial charge in [-0.3, -0.25) is 4.79 Å². The van der Waals surface area contributed by atoms with E-state index in [1.807, 2.05) is 32.9 Å². The summed E-state index contributed by atoms with van der Waals surface area (Å²) in [5.74, 6) is 0.385. The Kier molecular flexibility index (Phi) is 6.03. The van der Waals surface area contributed by atoms with E-state index in [2.05, 4.69) is 15.4 Å². The first kappa shape index (κ1) is 19.5. The molecular formula is C21H23FN4O2. The molecule has 0 aliphatic rings. The van der Waals surface area contributed by atoms with E-state index in [9.17, 15) is 9.18 Å². The van der Waals surface area contributed by atoms with E-state index < -0.39 is 0 Å². The number of carbonyl (C=O) groups excluding carboxylic acids is 1. The smallest absolute Gasteiger partial charge is 0.336 e. The minimum atomic E-state index is -0.353. The highest BCUT2D eigenvalue weighted by atomic mass is 19.1. The van der Waals surface area contributed by atoms with E-state index >= 15 is 0 Å². The molecule has 0 fully saturated rings. The Bertz CT molecular complexity index is 951. The number of nitrogens with zero attached hydrogens (tertiary/aromatic N) is 3. The number of rotatable bonds is 7. The van der Waals surface area contributed by atoms with E-state index in [4.69, 9.17) is 4.74 Å². The second kappa shape index (κ2) is 8.65. The van der Waals surface area contributed by atoms with Gasteiger partial charge in [0.1, 0.15) is 5.82 Å². The van der Waals surface area contributed by atoms with E-state index in [-0.39, 0.29) is 17.7 Å². The highest BCUT2D eigenvalue weighted by Gasteiger charge is 2.15. The van der Waals surface area contributed by atoms with Gasteiger partial charge in [0.2, 0.25) is 5.91 Å². The van der Waals surface area contributed by atoms with E-state index in [0.29, 0.717) is 36.0 Å². The Morgan fingerprint density at radius 2 is 1.96 bits per heavy atom. The van der Waals surface area contributed by atoms with Crippen molar-refractivity contribution >= 4 is 11.6 Å². The van der Waals surface area contributed by atoms with Crippen LogP contribution in [0.15, 0.2) is 48.5 Å². The first-order chi connectivity index (χ1) is 13.5. The molecule has 0 aliphatic heterocycles. The fraction of sp³-hybridized carbons (Fsp3) is 0.286. The van der Waals surface area contributed by atoms with Gasteiger partial charge in [-0.05, 0) is 49.2 Å². The molecular weight excluding hydrogens is 359 g/mol. The first-order valence-electron chi connectivity index (χ1n) is 9.22. The molecule has 0 spiro atoms. The Balaban J connectivity index is 1.91. The Labute approximate surface area is 163 Å². The van der Waals surface area contributed by atoms with Crippen molar-refractivity contribution in [1.29, 1.82) is 0 Å². The van der Waals surface area contributed by atoms with Crippen LogP contribution in [0.2, 0.25) is 0 Å². The van der Waals surface area contributed by atoms with Crippen molar-refractivity contribution in [3.63, 3.8) is 0 Å². The second-order valence-electron chi connectivity index (χ2n) is 6.77. The Morgan fingerprint density at radius 1 is 1.21 bits per heavy atom. The summed E-state index contributed by atoms with van der Waals surface area (Å²) in [4.78, 5) is 16.3. The number of nitrogens with one attached hydrogen (secondary N) is 1. The fourth-order valence-corrected chi connectivity index (χ4v) is 2.75. The van der Waals surface area contributed by atoms with E-state index in [1.54, 1.807) is 28.9 Å². The molecule has 7 heteroatoms. The number of hydrogen-bond acceptors (Lipinski definition) is 4. The molecule has 0 aliphatic carbocycles. The summed E-state index contributed by atoms with van der Waals surface area (Å²) in [5.41, 5.74) is 2.01. The Hall–Kier alpha value is -3.22. The number of halogens is 1. The van der Waals surface area contributed by atoms with Gasteiger partial charge < -0.3 is 10.1 Å². The largest absolute Gasteiger partial charge is 0.463 e. The standard InChI is InChI=1S/C21H23FN4O2/c1-4-28-21-24-20(15-6-5-7-16(22)13-15)26(25-21)18-10-8-17(9-11-18)23-19(27)12-14(2)3/h5-11,13-14H,4,12H2,1-3H3,(H,23,27). The molecule has 1 heterocycles. The summed E-state index contributed by atoms with van der Waals surface area (Å²) < 4.78 is 20.7. The van der Waals surface area contributed by atoms with Crippen LogP contribution in [0.25, 0.3) is 17.1 Å². The third-order valence-electron chi connectivity index (χ3n) is 3.93. The minimum Gasteiger partial charge on any atom is -0.463 e. The molecule has 0 radical (unpaired) electrons. The number of anilines is 1. The Morgan fingerprint density at radius 3 is 2.61 bits per heavy atom. The lowest BCUT2D eigenvalue weighted by atomic mass is 10.1. The van der Waals surface area contributed by atoms with Gasteiger partial charge in [-0.1, -0.05) is 26.0 Å². The zero-order valence-electron chi connectivity index (χ0n) is 16.1. The van der Waals surface area contributed by atoms with Crippen molar-refractivity contribution in [2.75, 3.05) is 11.9 Å². The lowest BCUT2D eigenvalue weighted by Crippen LogP contribution is -2.13. The average Bonchev–Trinajstić information content (AvgIpc) is 3.06. The average molecular weight is 382 g/mol. The molecule has 1 N–H and O–H groups in total. The maximum atomic E-state index is 13.7. The number of benzene rings is 2. The molecule has 3 aromatic rings. The number of amides is 1. The van der Waals surface area contributed by atoms with Crippen molar-refractivity contribution in [2.45, 2.75) is 27.2 Å². The molecule has 146 valence electrons. The van der Waals surface area contributed by atoms with Crippen molar-refractivity contribution in [3.05, 3.63) is 54.3 Å². The van der Waals surface area contributed by atoms with Crippen LogP contribution in [0.4, 0.5) is 10.1 Å². The quantitative estimate of drug-likeness (QED) is 0.655. The highest BCUT2D eigenvalue weighted by molar-refractivity contribution is 5.90. The third-order valence-corrected chi connectivity index (χ3v) is 3.93. The predicted molar refractivity (Wildman–Crippen MR) is 106 cm³/mol. The fourth-order valence-electron chi connectivity index (χ4n) is 2.75. The van der Waals surface area contributed by atoms with Gasteiger partial charge in [-0.25, -0.2) is 9.07 Å². The summed E-state index contributed by atoms with van der Waals surface area (Å²) in [6.45, 7) is 6.26. The highest BCUT2D eigenvalue weighted by Crippen LogP contribution is 2.25. The number of aromatic nitrogens is 3. The van der Waals surface area contributed by atoms with Crippen LogP contribution in [0.3, 0.4) is 0 Å². The zero-order valence-corrected chi connectivity index (χ0v) is 16.1. The van der Waals surface area contributed by atoms with Gasteiger partial charge in [0, 0.05) is 17.7 Å². The number of carbonyl (C=O) groups is 1. The molecule has 0 unspecified atom stereocenters. The van der Waals surface area contributed by atoms with Crippen LogP contribution in [0.1, 0.15) is 27.2 Å². The van der Waals surface area contributed by atoms with Gasteiger partial charge in [-0.2, -0.15) is 4.98 Å². The van der Waals surface area contributed by atoms with Crippen LogP contribution >= 0.6 is 0 Å². The van der Waals surface area contributed by atoms with Gasteiger partial charge in [0.05, 0.1) is 12.3 Å². The lowest BCUT2D eigenvalue weighted by molar-refractivity contribution is -0.116. The summed E-state index contributed by atoms with van der Waals surface area (Å²) in [7, 11) is 0. The molecule has 6 nitrogen and oxygen atoms in total. The lowest BCUT2D eigenvalue weighted by Gasteiger charge is -2.09. The molecule has 0 bridgehead atoms. The monoisotopic (exact) mass is 382 g/mol. The first-order valence-corrected chi connectivity index (χ1v) is 9.22. The van der Waals surface area contributed by atoms with Gasteiger partial charge in [-0.15, -0.1) is 5.10 Å². The zero-order chi connectivity index (χ0) is 20.1. The van der Waals surface area contributed by atoms with Crippen molar-refractivity contribution in [3.8, 4) is 23.1 Å². The molecule has 3 rings (SSSR count). The van der Waals surface area contributed by atoms with Crippen molar-refractivity contribution in [1.82, 2.24) is 14.8 Å². The van der Waals surface area contributed by atoms with Crippen LogP contribution in [-0.2, 0) is 4.79 Å². The summed E-state index contributed by atoms with van der Waals surface area (Å²) >= 11 is 0. The SMILES string of the molecule is CCOc1nc(-c2cccc(F)c2)n(-c2ccc(NC(=O)CC(C)C)cc2)n1. The molecule has 0 saturated carbocycles. The number of hydrogen-bond donors (Lipinski definition) is 1. The van der Waals surface area contributed by atoms with Crippen LogP contribution in [0, 0.1) is 11.7 Å². The number of ether oxygens (including phenoxy) is 1.